The van der Waals surface area contributed by atoms with Crippen LogP contribution in [0.3, 0.4) is 0 Å². The molecule has 1 amide bonds. The summed E-state index contributed by atoms with van der Waals surface area (Å²) in [6.45, 7) is 3.59. The third-order valence-corrected chi connectivity index (χ3v) is 3.56. The number of nitrogens with one attached hydrogen (secondary N) is 1. The van der Waals surface area contributed by atoms with Crippen molar-refractivity contribution in [1.82, 2.24) is 4.98 Å². The summed E-state index contributed by atoms with van der Waals surface area (Å²) < 4.78 is 0. The van der Waals surface area contributed by atoms with E-state index >= 15 is 0 Å². The number of carboxylic acid groups (broad SMARTS) is 1. The first kappa shape index (κ1) is 14.9. The predicted octanol–water partition coefficient (Wildman–Crippen LogP) is 3.11. The van der Waals surface area contributed by atoms with Crippen molar-refractivity contribution in [3.63, 3.8) is 0 Å². The minimum atomic E-state index is -0.982. The van der Waals surface area contributed by atoms with Gasteiger partial charge in [-0.15, -0.1) is 11.3 Å². The van der Waals surface area contributed by atoms with Crippen LogP contribution in [-0.4, -0.2) is 22.0 Å². The third kappa shape index (κ3) is 4.00. The topological polar surface area (TPSA) is 79.3 Å². The van der Waals surface area contributed by atoms with Crippen LogP contribution in [0, 0.1) is 13.8 Å². The highest BCUT2D eigenvalue weighted by Gasteiger charge is 2.07. The molecule has 2 rings (SSSR count). The zero-order valence-corrected chi connectivity index (χ0v) is 12.4. The summed E-state index contributed by atoms with van der Waals surface area (Å²) in [5.41, 5.74) is 2.12. The van der Waals surface area contributed by atoms with Gasteiger partial charge < -0.3 is 10.4 Å². The van der Waals surface area contributed by atoms with Crippen LogP contribution in [0.2, 0.25) is 0 Å². The SMILES string of the molecule is Cc1nc(C=CC(=O)Nc2ccc(C(=O)O)c(C)c2)cs1. The third-order valence-electron chi connectivity index (χ3n) is 2.77. The molecule has 0 saturated heterocycles. The van der Waals surface area contributed by atoms with E-state index in [1.807, 2.05) is 12.3 Å². The Labute approximate surface area is 126 Å². The first-order chi connectivity index (χ1) is 9.95. The number of carboxylic acids is 1. The van der Waals surface area contributed by atoms with Crippen molar-refractivity contribution < 1.29 is 14.7 Å². The summed E-state index contributed by atoms with van der Waals surface area (Å²) in [6.07, 6.45) is 3.03. The number of hydrogen-bond acceptors (Lipinski definition) is 4. The van der Waals surface area contributed by atoms with E-state index in [2.05, 4.69) is 10.3 Å². The van der Waals surface area contributed by atoms with Crippen molar-refractivity contribution in [3.05, 3.63) is 51.5 Å². The number of rotatable bonds is 4. The van der Waals surface area contributed by atoms with Gasteiger partial charge in [0.15, 0.2) is 0 Å². The summed E-state index contributed by atoms with van der Waals surface area (Å²) >= 11 is 1.52. The Kier molecular flexibility index (Phi) is 4.49. The standard InChI is InChI=1S/C15H14N2O3S/c1-9-7-11(3-5-13(9)15(19)20)17-14(18)6-4-12-8-21-10(2)16-12/h3-8H,1-2H3,(H,17,18)(H,19,20). The molecule has 5 nitrogen and oxygen atoms in total. The number of nitrogens with zero attached hydrogens (tertiary/aromatic N) is 1. The number of carbonyl (C=O) groups excluding carboxylic acids is 1. The van der Waals surface area contributed by atoms with Gasteiger partial charge in [0.25, 0.3) is 0 Å². The minimum absolute atomic E-state index is 0.224. The van der Waals surface area contributed by atoms with Gasteiger partial charge in [0.2, 0.25) is 5.91 Å². The van der Waals surface area contributed by atoms with Crippen LogP contribution in [-0.2, 0) is 4.79 Å². The van der Waals surface area contributed by atoms with Crippen LogP contribution in [0.4, 0.5) is 5.69 Å². The highest BCUT2D eigenvalue weighted by Crippen LogP contribution is 2.15. The Bertz CT molecular complexity index is 719. The van der Waals surface area contributed by atoms with Crippen LogP contribution in [0.5, 0.6) is 0 Å². The second kappa shape index (κ2) is 6.32. The first-order valence-electron chi connectivity index (χ1n) is 6.21. The molecule has 1 aromatic heterocycles. The van der Waals surface area contributed by atoms with E-state index in [9.17, 15) is 9.59 Å². The normalized spacial score (nSPS) is 10.8. The number of thiazole rings is 1. The summed E-state index contributed by atoms with van der Waals surface area (Å²) in [6, 6.07) is 4.66. The smallest absolute Gasteiger partial charge is 0.335 e. The van der Waals surface area contributed by atoms with E-state index in [1.165, 1.54) is 23.5 Å². The van der Waals surface area contributed by atoms with Crippen LogP contribution in [0.1, 0.15) is 26.6 Å². The van der Waals surface area contributed by atoms with Crippen molar-refractivity contribution in [1.29, 1.82) is 0 Å². The molecule has 0 atom stereocenters. The number of aryl methyl sites for hydroxylation is 2. The summed E-state index contributed by atoms with van der Waals surface area (Å²) in [7, 11) is 0. The van der Waals surface area contributed by atoms with E-state index < -0.39 is 5.97 Å². The summed E-state index contributed by atoms with van der Waals surface area (Å²) in [5, 5.41) is 14.4. The summed E-state index contributed by atoms with van der Waals surface area (Å²) in [4.78, 5) is 26.9. The lowest BCUT2D eigenvalue weighted by Crippen LogP contribution is -2.09. The highest BCUT2D eigenvalue weighted by molar-refractivity contribution is 7.09. The van der Waals surface area contributed by atoms with Gasteiger partial charge in [0.1, 0.15) is 0 Å². The molecule has 0 radical (unpaired) electrons. The first-order valence-corrected chi connectivity index (χ1v) is 7.09. The molecule has 0 aliphatic rings. The van der Waals surface area contributed by atoms with Crippen LogP contribution >= 0.6 is 11.3 Å². The molecule has 0 spiro atoms. The Morgan fingerprint density at radius 2 is 2.10 bits per heavy atom. The average molecular weight is 302 g/mol. The quantitative estimate of drug-likeness (QED) is 0.850. The lowest BCUT2D eigenvalue weighted by molar-refractivity contribution is -0.111. The molecule has 1 heterocycles. The van der Waals surface area contributed by atoms with Gasteiger partial charge in [0.05, 0.1) is 16.3 Å². The van der Waals surface area contributed by atoms with E-state index in [1.54, 1.807) is 25.1 Å². The Balaban J connectivity index is 2.04. The van der Waals surface area contributed by atoms with Gasteiger partial charge in [-0.3, -0.25) is 4.79 Å². The maximum atomic E-state index is 11.8. The number of amides is 1. The molecule has 0 aliphatic heterocycles. The van der Waals surface area contributed by atoms with Crippen molar-refractivity contribution in [3.8, 4) is 0 Å². The maximum Gasteiger partial charge on any atom is 0.335 e. The Morgan fingerprint density at radius 3 is 2.67 bits per heavy atom. The average Bonchev–Trinajstić information content (AvgIpc) is 2.82. The number of anilines is 1. The van der Waals surface area contributed by atoms with Gasteiger partial charge >= 0.3 is 5.97 Å². The molecule has 0 fully saturated rings. The Hall–Kier alpha value is -2.47. The number of benzene rings is 1. The molecule has 2 aromatic rings. The van der Waals surface area contributed by atoms with Gasteiger partial charge in [0, 0.05) is 17.1 Å². The van der Waals surface area contributed by atoms with Crippen molar-refractivity contribution in [2.75, 3.05) is 5.32 Å². The van der Waals surface area contributed by atoms with E-state index in [4.69, 9.17) is 5.11 Å². The number of aromatic nitrogens is 1. The Morgan fingerprint density at radius 1 is 1.33 bits per heavy atom. The zero-order chi connectivity index (χ0) is 15.4. The van der Waals surface area contributed by atoms with Crippen molar-refractivity contribution in [2.24, 2.45) is 0 Å². The fourth-order valence-electron chi connectivity index (χ4n) is 1.78. The fraction of sp³-hybridized carbons (Fsp3) is 0.133. The van der Waals surface area contributed by atoms with Gasteiger partial charge in [-0.05, 0) is 43.7 Å². The predicted molar refractivity (Wildman–Crippen MR) is 82.7 cm³/mol. The molecule has 2 N–H and O–H groups in total. The number of carbonyl (C=O) groups is 2. The van der Waals surface area contributed by atoms with E-state index in [-0.39, 0.29) is 11.5 Å². The molecule has 0 saturated carbocycles. The van der Waals surface area contributed by atoms with Gasteiger partial charge in [-0.2, -0.15) is 0 Å². The molecule has 0 bridgehead atoms. The zero-order valence-electron chi connectivity index (χ0n) is 11.6. The molecule has 108 valence electrons. The second-order valence-electron chi connectivity index (χ2n) is 4.45. The van der Waals surface area contributed by atoms with E-state index in [0.717, 1.165) is 10.7 Å². The van der Waals surface area contributed by atoms with Gasteiger partial charge in [-0.1, -0.05) is 0 Å². The second-order valence-corrected chi connectivity index (χ2v) is 5.51. The summed E-state index contributed by atoms with van der Waals surface area (Å²) in [5.74, 6) is -1.27. The number of aromatic carboxylic acids is 1. The molecule has 0 unspecified atom stereocenters. The molecular weight excluding hydrogens is 288 g/mol. The molecule has 0 aliphatic carbocycles. The largest absolute Gasteiger partial charge is 0.478 e. The van der Waals surface area contributed by atoms with Crippen LogP contribution in [0.15, 0.2) is 29.7 Å². The fourth-order valence-corrected chi connectivity index (χ4v) is 2.36. The lowest BCUT2D eigenvalue weighted by atomic mass is 10.1. The van der Waals surface area contributed by atoms with Crippen LogP contribution < -0.4 is 5.32 Å². The monoisotopic (exact) mass is 302 g/mol. The molecule has 21 heavy (non-hydrogen) atoms. The lowest BCUT2D eigenvalue weighted by Gasteiger charge is -2.05. The highest BCUT2D eigenvalue weighted by atomic mass is 32.1. The molecule has 1 aromatic carbocycles. The minimum Gasteiger partial charge on any atom is -0.478 e. The van der Waals surface area contributed by atoms with Crippen molar-refractivity contribution in [2.45, 2.75) is 13.8 Å². The van der Waals surface area contributed by atoms with E-state index in [0.29, 0.717) is 11.3 Å². The van der Waals surface area contributed by atoms with Crippen LogP contribution in [0.25, 0.3) is 6.08 Å². The molecule has 6 heteroatoms. The maximum absolute atomic E-state index is 11.8. The van der Waals surface area contributed by atoms with Gasteiger partial charge in [-0.25, -0.2) is 9.78 Å². The van der Waals surface area contributed by atoms with Crippen molar-refractivity contribution >= 4 is 35.0 Å². The number of hydrogen-bond donors (Lipinski definition) is 2. The molecular formula is C15H14N2O3S.